The maximum absolute atomic E-state index is 11.7. The molecule has 0 heterocycles. The molecule has 0 spiro atoms. The normalized spacial score (nSPS) is 10.9. The maximum Gasteiger partial charge on any atom is 0.343 e. The number of rotatable bonds is 3. The lowest BCUT2D eigenvalue weighted by molar-refractivity contribution is -0.116. The van der Waals surface area contributed by atoms with E-state index in [1.54, 1.807) is 12.1 Å². The van der Waals surface area contributed by atoms with Crippen LogP contribution in [-0.4, -0.2) is 11.8 Å². The zero-order chi connectivity index (χ0) is 13.9. The number of Topliss-reactive ketones (excluding diaryl/α,β-unsaturated/α-hetero) is 1. The molecule has 0 N–H and O–H groups in total. The van der Waals surface area contributed by atoms with Gasteiger partial charge in [-0.05, 0) is 23.1 Å². The summed E-state index contributed by atoms with van der Waals surface area (Å²) in [6.07, 6.45) is 0. The molecule has 0 aliphatic carbocycles. The molecule has 3 heteroatoms. The van der Waals surface area contributed by atoms with Crippen LogP contribution in [0.3, 0.4) is 0 Å². The van der Waals surface area contributed by atoms with Crippen LogP contribution < -0.4 is 0 Å². The van der Waals surface area contributed by atoms with Crippen molar-refractivity contribution in [3.05, 3.63) is 47.7 Å². The Morgan fingerprint density at radius 2 is 1.61 bits per heavy atom. The second-order valence-electron chi connectivity index (χ2n) is 5.20. The minimum absolute atomic E-state index is 0.0332. The van der Waals surface area contributed by atoms with E-state index in [1.165, 1.54) is 6.92 Å². The molecule has 96 valence electrons. The Hall–Kier alpha value is -1.90. The van der Waals surface area contributed by atoms with Crippen LogP contribution in [0.15, 0.2) is 36.6 Å². The predicted molar refractivity (Wildman–Crippen MR) is 70.4 cm³/mol. The van der Waals surface area contributed by atoms with Crippen LogP contribution in [0.5, 0.6) is 0 Å². The topological polar surface area (TPSA) is 43.4 Å². The summed E-state index contributed by atoms with van der Waals surface area (Å²) in [5.74, 6) is -1.05. The Labute approximate surface area is 107 Å². The van der Waals surface area contributed by atoms with Crippen molar-refractivity contribution in [2.24, 2.45) is 0 Å². The maximum atomic E-state index is 11.7. The lowest BCUT2D eigenvalue weighted by Crippen LogP contribution is -2.12. The van der Waals surface area contributed by atoms with Gasteiger partial charge in [-0.1, -0.05) is 39.5 Å². The Balaban J connectivity index is 2.83. The molecule has 0 aliphatic heterocycles. The van der Waals surface area contributed by atoms with Gasteiger partial charge in [0.15, 0.2) is 11.5 Å². The fourth-order valence-corrected chi connectivity index (χ4v) is 1.35. The van der Waals surface area contributed by atoms with E-state index in [4.69, 9.17) is 4.74 Å². The molecule has 0 saturated heterocycles. The van der Waals surface area contributed by atoms with Crippen LogP contribution in [0, 0.1) is 0 Å². The van der Waals surface area contributed by atoms with Crippen molar-refractivity contribution in [3.8, 4) is 0 Å². The first kappa shape index (κ1) is 14.2. The van der Waals surface area contributed by atoms with Gasteiger partial charge >= 0.3 is 5.97 Å². The molecule has 0 saturated carbocycles. The van der Waals surface area contributed by atoms with Crippen molar-refractivity contribution in [2.75, 3.05) is 0 Å². The summed E-state index contributed by atoms with van der Waals surface area (Å²) >= 11 is 0. The summed E-state index contributed by atoms with van der Waals surface area (Å²) in [4.78, 5) is 22.6. The average molecular weight is 246 g/mol. The van der Waals surface area contributed by atoms with Gasteiger partial charge in [0.25, 0.3) is 0 Å². The number of carbonyl (C=O) groups is 2. The lowest BCUT2D eigenvalue weighted by atomic mass is 9.87. The molecule has 0 amide bonds. The number of hydrogen-bond acceptors (Lipinski definition) is 3. The number of ether oxygens (including phenoxy) is 1. The Kier molecular flexibility index (Phi) is 4.07. The number of hydrogen-bond donors (Lipinski definition) is 0. The first-order valence-electron chi connectivity index (χ1n) is 5.74. The molecule has 1 aromatic rings. The number of esters is 1. The zero-order valence-electron chi connectivity index (χ0n) is 11.2. The molecule has 0 bridgehead atoms. The van der Waals surface area contributed by atoms with Gasteiger partial charge in [0.2, 0.25) is 0 Å². The van der Waals surface area contributed by atoms with Crippen molar-refractivity contribution in [1.29, 1.82) is 0 Å². The molecule has 0 aromatic heterocycles. The zero-order valence-corrected chi connectivity index (χ0v) is 11.2. The first-order valence-corrected chi connectivity index (χ1v) is 5.74. The van der Waals surface area contributed by atoms with Gasteiger partial charge in [-0.25, -0.2) is 4.79 Å². The summed E-state index contributed by atoms with van der Waals surface area (Å²) < 4.78 is 4.84. The van der Waals surface area contributed by atoms with Crippen LogP contribution in [0.2, 0.25) is 0 Å². The van der Waals surface area contributed by atoms with Crippen LogP contribution >= 0.6 is 0 Å². The van der Waals surface area contributed by atoms with Gasteiger partial charge in [0.05, 0.1) is 5.56 Å². The summed E-state index contributed by atoms with van der Waals surface area (Å²) in [6.45, 7) is 11.0. The van der Waals surface area contributed by atoms with Crippen molar-refractivity contribution in [3.63, 3.8) is 0 Å². The molecule has 1 rings (SSSR count). The van der Waals surface area contributed by atoms with Crippen molar-refractivity contribution >= 4 is 11.8 Å². The van der Waals surface area contributed by atoms with Gasteiger partial charge in [-0.3, -0.25) is 4.79 Å². The number of carbonyl (C=O) groups excluding carboxylic acids is 2. The van der Waals surface area contributed by atoms with Crippen LogP contribution in [-0.2, 0) is 14.9 Å². The molecular weight excluding hydrogens is 228 g/mol. The van der Waals surface area contributed by atoms with E-state index in [-0.39, 0.29) is 17.0 Å². The largest absolute Gasteiger partial charge is 0.420 e. The Morgan fingerprint density at radius 1 is 1.11 bits per heavy atom. The molecule has 1 aromatic carbocycles. The highest BCUT2D eigenvalue weighted by atomic mass is 16.5. The third kappa shape index (κ3) is 3.55. The molecule has 0 atom stereocenters. The predicted octanol–water partition coefficient (Wildman–Crippen LogP) is 3.24. The second-order valence-corrected chi connectivity index (χ2v) is 5.20. The molecular formula is C15H18O3. The van der Waals surface area contributed by atoms with E-state index in [1.807, 2.05) is 12.1 Å². The quantitative estimate of drug-likeness (QED) is 0.467. The highest BCUT2D eigenvalue weighted by Gasteiger charge is 2.15. The smallest absolute Gasteiger partial charge is 0.343 e. The number of ketones is 1. The fourth-order valence-electron chi connectivity index (χ4n) is 1.35. The van der Waals surface area contributed by atoms with E-state index in [9.17, 15) is 9.59 Å². The molecule has 0 radical (unpaired) electrons. The number of benzene rings is 1. The van der Waals surface area contributed by atoms with E-state index in [0.29, 0.717) is 5.56 Å². The molecule has 0 fully saturated rings. The van der Waals surface area contributed by atoms with Gasteiger partial charge in [0.1, 0.15) is 0 Å². The van der Waals surface area contributed by atoms with Gasteiger partial charge in [0, 0.05) is 6.92 Å². The standard InChI is InChI=1S/C15H18O3/c1-10(16)11(2)18-14(17)12-6-8-13(9-7-12)15(3,4)5/h6-9H,2H2,1,3-5H3. The van der Waals surface area contributed by atoms with Gasteiger partial charge in [-0.2, -0.15) is 0 Å². The van der Waals surface area contributed by atoms with Gasteiger partial charge in [-0.15, -0.1) is 0 Å². The van der Waals surface area contributed by atoms with E-state index < -0.39 is 5.97 Å². The minimum atomic E-state index is -0.560. The van der Waals surface area contributed by atoms with E-state index >= 15 is 0 Å². The monoisotopic (exact) mass is 246 g/mol. The lowest BCUT2D eigenvalue weighted by Gasteiger charge is -2.18. The van der Waals surface area contributed by atoms with Crippen molar-refractivity contribution < 1.29 is 14.3 Å². The highest BCUT2D eigenvalue weighted by molar-refractivity contribution is 5.97. The first-order chi connectivity index (χ1) is 8.21. The SMILES string of the molecule is C=C(OC(=O)c1ccc(C(C)(C)C)cc1)C(C)=O. The second kappa shape index (κ2) is 5.17. The summed E-state index contributed by atoms with van der Waals surface area (Å²) in [5.41, 5.74) is 1.57. The van der Waals surface area contributed by atoms with Crippen molar-refractivity contribution in [1.82, 2.24) is 0 Å². The fraction of sp³-hybridized carbons (Fsp3) is 0.333. The average Bonchev–Trinajstić information content (AvgIpc) is 2.27. The van der Waals surface area contributed by atoms with Crippen LogP contribution in [0.25, 0.3) is 0 Å². The third-order valence-corrected chi connectivity index (χ3v) is 2.60. The molecule has 18 heavy (non-hydrogen) atoms. The highest BCUT2D eigenvalue weighted by Crippen LogP contribution is 2.22. The van der Waals surface area contributed by atoms with Crippen LogP contribution in [0.1, 0.15) is 43.6 Å². The van der Waals surface area contributed by atoms with E-state index in [2.05, 4.69) is 27.4 Å². The van der Waals surface area contributed by atoms with E-state index in [0.717, 1.165) is 5.56 Å². The van der Waals surface area contributed by atoms with Gasteiger partial charge < -0.3 is 4.74 Å². The summed E-state index contributed by atoms with van der Waals surface area (Å²) in [6, 6.07) is 7.15. The molecule has 3 nitrogen and oxygen atoms in total. The summed E-state index contributed by atoms with van der Waals surface area (Å²) in [7, 11) is 0. The molecule has 0 unspecified atom stereocenters. The number of allylic oxidation sites excluding steroid dienone is 1. The minimum Gasteiger partial charge on any atom is -0.420 e. The molecule has 0 aliphatic rings. The van der Waals surface area contributed by atoms with Crippen molar-refractivity contribution in [2.45, 2.75) is 33.1 Å². The third-order valence-electron chi connectivity index (χ3n) is 2.60. The Morgan fingerprint density at radius 3 is 2.00 bits per heavy atom. The summed E-state index contributed by atoms with van der Waals surface area (Å²) in [5, 5.41) is 0. The Bertz CT molecular complexity index is 475. The van der Waals surface area contributed by atoms with Crippen LogP contribution in [0.4, 0.5) is 0 Å².